The van der Waals surface area contributed by atoms with Gasteiger partial charge in [-0.2, -0.15) is 0 Å². The van der Waals surface area contributed by atoms with Crippen LogP contribution < -0.4 is 10.6 Å². The van der Waals surface area contributed by atoms with Gasteiger partial charge in [0.1, 0.15) is 6.54 Å². The molecule has 0 N–H and O–H groups in total. The molecule has 0 saturated carbocycles. The van der Waals surface area contributed by atoms with Crippen molar-refractivity contribution in [3.63, 3.8) is 0 Å². The number of fused-ring (bicyclic) bond motifs is 2. The van der Waals surface area contributed by atoms with Crippen molar-refractivity contribution in [1.29, 1.82) is 0 Å². The molecular weight excluding hydrogens is 314 g/mol. The van der Waals surface area contributed by atoms with E-state index in [1.165, 1.54) is 5.56 Å². The Morgan fingerprint density at radius 1 is 1.08 bits per heavy atom. The molecule has 1 atom stereocenters. The molecule has 5 nitrogen and oxygen atoms in total. The maximum Gasteiger partial charge on any atom is 0.329 e. The lowest BCUT2D eigenvalue weighted by molar-refractivity contribution is -0.119. The van der Waals surface area contributed by atoms with Crippen molar-refractivity contribution < 1.29 is 4.79 Å². The quantitative estimate of drug-likeness (QED) is 0.723. The van der Waals surface area contributed by atoms with E-state index >= 15 is 0 Å². The van der Waals surface area contributed by atoms with Crippen LogP contribution in [0.3, 0.4) is 0 Å². The molecule has 0 aliphatic carbocycles. The number of amides is 1. The van der Waals surface area contributed by atoms with E-state index in [4.69, 9.17) is 0 Å². The zero-order valence-electron chi connectivity index (χ0n) is 14.5. The minimum absolute atomic E-state index is 0.0434. The predicted molar refractivity (Wildman–Crippen MR) is 98.9 cm³/mol. The van der Waals surface area contributed by atoms with Crippen molar-refractivity contribution in [1.82, 2.24) is 9.13 Å². The van der Waals surface area contributed by atoms with Crippen LogP contribution in [0.5, 0.6) is 0 Å². The summed E-state index contributed by atoms with van der Waals surface area (Å²) in [6.45, 7) is 2.12. The van der Waals surface area contributed by atoms with Gasteiger partial charge in [-0.3, -0.25) is 13.9 Å². The van der Waals surface area contributed by atoms with E-state index in [0.29, 0.717) is 0 Å². The summed E-state index contributed by atoms with van der Waals surface area (Å²) in [6, 6.07) is 15.7. The van der Waals surface area contributed by atoms with Crippen molar-refractivity contribution in [2.45, 2.75) is 32.4 Å². The van der Waals surface area contributed by atoms with Crippen molar-refractivity contribution in [3.8, 4) is 0 Å². The zero-order chi connectivity index (χ0) is 17.6. The van der Waals surface area contributed by atoms with E-state index in [1.54, 1.807) is 16.2 Å². The lowest BCUT2D eigenvalue weighted by atomic mass is 9.96. The second-order valence-corrected chi connectivity index (χ2v) is 6.70. The summed E-state index contributed by atoms with van der Waals surface area (Å²) in [4.78, 5) is 27.5. The van der Waals surface area contributed by atoms with Crippen molar-refractivity contribution >= 4 is 22.6 Å². The summed E-state index contributed by atoms with van der Waals surface area (Å²) in [5.41, 5.74) is 3.64. The largest absolute Gasteiger partial charge is 0.329 e. The van der Waals surface area contributed by atoms with Crippen LogP contribution >= 0.6 is 0 Å². The number of anilines is 1. The average molecular weight is 335 g/mol. The fraction of sp³-hybridized carbons (Fsp3) is 0.300. The Hall–Kier alpha value is -2.82. The van der Waals surface area contributed by atoms with Crippen LogP contribution in [0, 0.1) is 0 Å². The van der Waals surface area contributed by atoms with E-state index < -0.39 is 0 Å². The number of rotatable bonds is 2. The van der Waals surface area contributed by atoms with Crippen molar-refractivity contribution in [3.05, 3.63) is 64.6 Å². The monoisotopic (exact) mass is 335 g/mol. The number of para-hydroxylation sites is 3. The molecule has 1 unspecified atom stereocenters. The Kier molecular flexibility index (Phi) is 3.71. The summed E-state index contributed by atoms with van der Waals surface area (Å²) < 4.78 is 3.16. The summed E-state index contributed by atoms with van der Waals surface area (Å²) in [5, 5.41) is 0. The van der Waals surface area contributed by atoms with Crippen molar-refractivity contribution in [2.75, 3.05) is 4.90 Å². The highest BCUT2D eigenvalue weighted by molar-refractivity contribution is 5.95. The second-order valence-electron chi connectivity index (χ2n) is 6.70. The highest BCUT2D eigenvalue weighted by Crippen LogP contribution is 2.30. The molecule has 25 heavy (non-hydrogen) atoms. The Labute approximate surface area is 146 Å². The van der Waals surface area contributed by atoms with Gasteiger partial charge in [-0.05, 0) is 43.5 Å². The zero-order valence-corrected chi connectivity index (χ0v) is 14.5. The number of aryl methyl sites for hydroxylation is 2. The van der Waals surface area contributed by atoms with Gasteiger partial charge in [0, 0.05) is 18.8 Å². The minimum Gasteiger partial charge on any atom is -0.308 e. The van der Waals surface area contributed by atoms with Crippen LogP contribution in [0.15, 0.2) is 53.3 Å². The fourth-order valence-corrected chi connectivity index (χ4v) is 3.80. The Morgan fingerprint density at radius 2 is 1.76 bits per heavy atom. The summed E-state index contributed by atoms with van der Waals surface area (Å²) in [6.07, 6.45) is 1.92. The molecule has 0 spiro atoms. The summed E-state index contributed by atoms with van der Waals surface area (Å²) in [7, 11) is 1.74. The molecule has 4 rings (SSSR count). The summed E-state index contributed by atoms with van der Waals surface area (Å²) >= 11 is 0. The SMILES string of the molecule is CC1CCc2ccccc2N1C(=O)Cn1c(=O)n(C)c2ccccc21. The number of carbonyl (C=O) groups excluding carboxylic acids is 1. The number of hydrogen-bond donors (Lipinski definition) is 0. The first-order chi connectivity index (χ1) is 12.1. The van der Waals surface area contributed by atoms with Gasteiger partial charge in [0.25, 0.3) is 0 Å². The molecule has 1 aliphatic rings. The molecule has 0 saturated heterocycles. The lowest BCUT2D eigenvalue weighted by Crippen LogP contribution is -2.44. The Bertz CT molecular complexity index is 1020. The van der Waals surface area contributed by atoms with Gasteiger partial charge in [0.15, 0.2) is 0 Å². The summed E-state index contributed by atoms with van der Waals surface area (Å²) in [5.74, 6) is -0.0434. The maximum absolute atomic E-state index is 13.1. The van der Waals surface area contributed by atoms with E-state index in [0.717, 1.165) is 29.6 Å². The van der Waals surface area contributed by atoms with Crippen molar-refractivity contribution in [2.24, 2.45) is 7.05 Å². The van der Waals surface area contributed by atoms with E-state index in [-0.39, 0.29) is 24.2 Å². The number of nitrogens with zero attached hydrogens (tertiary/aromatic N) is 3. The highest BCUT2D eigenvalue weighted by atomic mass is 16.2. The molecule has 2 heterocycles. The van der Waals surface area contributed by atoms with Crippen LogP contribution in [-0.2, 0) is 24.8 Å². The van der Waals surface area contributed by atoms with Gasteiger partial charge in [-0.1, -0.05) is 30.3 Å². The molecule has 0 fully saturated rings. The third kappa shape index (κ3) is 2.47. The minimum atomic E-state index is -0.160. The molecule has 0 radical (unpaired) electrons. The first kappa shape index (κ1) is 15.7. The van der Waals surface area contributed by atoms with Gasteiger partial charge in [-0.25, -0.2) is 4.79 Å². The smallest absolute Gasteiger partial charge is 0.308 e. The molecule has 128 valence electrons. The van der Waals surface area contributed by atoms with Gasteiger partial charge < -0.3 is 4.90 Å². The van der Waals surface area contributed by atoms with Crippen LogP contribution in [0.1, 0.15) is 18.9 Å². The molecule has 3 aromatic rings. The average Bonchev–Trinajstić information content (AvgIpc) is 2.87. The third-order valence-electron chi connectivity index (χ3n) is 5.14. The number of carbonyl (C=O) groups is 1. The topological polar surface area (TPSA) is 47.2 Å². The second kappa shape index (κ2) is 5.92. The van der Waals surface area contributed by atoms with Crippen LogP contribution in [-0.4, -0.2) is 21.1 Å². The third-order valence-corrected chi connectivity index (χ3v) is 5.14. The van der Waals surface area contributed by atoms with Crippen LogP contribution in [0.2, 0.25) is 0 Å². The normalized spacial score (nSPS) is 16.9. The van der Waals surface area contributed by atoms with Gasteiger partial charge in [0.05, 0.1) is 11.0 Å². The number of aromatic nitrogens is 2. The first-order valence-corrected chi connectivity index (χ1v) is 8.62. The molecule has 0 bridgehead atoms. The molecule has 1 amide bonds. The predicted octanol–water partition coefficient (Wildman–Crippen LogP) is 2.71. The molecule has 1 aliphatic heterocycles. The molecule has 5 heteroatoms. The number of hydrogen-bond acceptors (Lipinski definition) is 2. The van der Waals surface area contributed by atoms with E-state index in [9.17, 15) is 9.59 Å². The molecule has 2 aromatic carbocycles. The number of benzene rings is 2. The van der Waals surface area contributed by atoms with Gasteiger partial charge in [-0.15, -0.1) is 0 Å². The Balaban J connectivity index is 1.74. The maximum atomic E-state index is 13.1. The van der Waals surface area contributed by atoms with Crippen LogP contribution in [0.25, 0.3) is 11.0 Å². The Morgan fingerprint density at radius 3 is 2.56 bits per heavy atom. The van der Waals surface area contributed by atoms with Gasteiger partial charge >= 0.3 is 5.69 Å². The fourth-order valence-electron chi connectivity index (χ4n) is 3.80. The van der Waals surface area contributed by atoms with Crippen LogP contribution in [0.4, 0.5) is 5.69 Å². The number of imidazole rings is 1. The molecular formula is C20H21N3O2. The lowest BCUT2D eigenvalue weighted by Gasteiger charge is -2.35. The highest BCUT2D eigenvalue weighted by Gasteiger charge is 2.28. The first-order valence-electron chi connectivity index (χ1n) is 8.62. The van der Waals surface area contributed by atoms with Gasteiger partial charge in [0.2, 0.25) is 5.91 Å². The van der Waals surface area contributed by atoms with E-state index in [2.05, 4.69) is 13.0 Å². The molecule has 1 aromatic heterocycles. The standard InChI is InChI=1S/C20H21N3O2/c1-14-11-12-15-7-3-4-8-16(15)23(14)19(24)13-22-18-10-6-5-9-17(18)21(2)20(22)25/h3-10,14H,11-13H2,1-2H3. The van der Waals surface area contributed by atoms with E-state index in [1.807, 2.05) is 47.4 Å².